The van der Waals surface area contributed by atoms with Crippen molar-refractivity contribution in [1.29, 1.82) is 0 Å². The van der Waals surface area contributed by atoms with Gasteiger partial charge in [0.2, 0.25) is 17.7 Å². The molecule has 3 aliphatic heterocycles. The zero-order chi connectivity index (χ0) is 25.2. The van der Waals surface area contributed by atoms with Gasteiger partial charge in [-0.15, -0.1) is 0 Å². The minimum Gasteiger partial charge on any atom is -0.508 e. The van der Waals surface area contributed by atoms with Crippen LogP contribution in [-0.4, -0.2) is 36.0 Å². The number of fused-ring (bicyclic) bond motifs is 4. The minimum absolute atomic E-state index is 0.102. The van der Waals surface area contributed by atoms with Crippen molar-refractivity contribution in [3.05, 3.63) is 83.7 Å². The van der Waals surface area contributed by atoms with Crippen molar-refractivity contribution in [1.82, 2.24) is 5.32 Å². The molecular weight excluding hydrogens is 465 g/mol. The van der Waals surface area contributed by atoms with Crippen molar-refractivity contribution in [3.63, 3.8) is 0 Å². The average Bonchev–Trinajstić information content (AvgIpc) is 3.45. The van der Waals surface area contributed by atoms with E-state index in [0.29, 0.717) is 29.1 Å². The Morgan fingerprint density at radius 1 is 1.00 bits per heavy atom. The molecule has 9 heteroatoms. The molecule has 182 valence electrons. The zero-order valence-corrected chi connectivity index (χ0v) is 19.2. The number of anilines is 2. The van der Waals surface area contributed by atoms with Crippen LogP contribution in [-0.2, 0) is 26.3 Å². The van der Waals surface area contributed by atoms with E-state index in [9.17, 15) is 23.9 Å². The van der Waals surface area contributed by atoms with Crippen LogP contribution in [0.25, 0.3) is 0 Å². The lowest BCUT2D eigenvalue weighted by Crippen LogP contribution is -2.53. The van der Waals surface area contributed by atoms with E-state index in [-0.39, 0.29) is 5.75 Å². The molecule has 0 aliphatic carbocycles. The van der Waals surface area contributed by atoms with Gasteiger partial charge in [0.15, 0.2) is 0 Å². The fourth-order valence-electron chi connectivity index (χ4n) is 5.82. The maximum absolute atomic E-state index is 14.4. The van der Waals surface area contributed by atoms with Crippen LogP contribution in [0.3, 0.4) is 0 Å². The second-order valence-electron chi connectivity index (χ2n) is 9.29. The molecule has 0 radical (unpaired) electrons. The van der Waals surface area contributed by atoms with Gasteiger partial charge < -0.3 is 15.2 Å². The number of phenols is 1. The number of aromatic hydroxyl groups is 1. The van der Waals surface area contributed by atoms with Crippen LogP contribution in [0.15, 0.2) is 66.7 Å². The highest BCUT2D eigenvalue weighted by molar-refractivity contribution is 6.25. The molecule has 2 saturated heterocycles. The number of carbonyl (C=O) groups excluding carboxylic acids is 3. The van der Waals surface area contributed by atoms with Crippen molar-refractivity contribution < 1.29 is 28.6 Å². The van der Waals surface area contributed by atoms with Gasteiger partial charge in [0.05, 0.1) is 24.6 Å². The Hall–Kier alpha value is -4.24. The van der Waals surface area contributed by atoms with Crippen LogP contribution in [0.4, 0.5) is 15.8 Å². The molecule has 36 heavy (non-hydrogen) atoms. The van der Waals surface area contributed by atoms with Crippen molar-refractivity contribution in [2.45, 2.75) is 18.0 Å². The third-order valence-corrected chi connectivity index (χ3v) is 7.40. The summed E-state index contributed by atoms with van der Waals surface area (Å²) in [4.78, 5) is 42.4. The Kier molecular flexibility index (Phi) is 4.87. The van der Waals surface area contributed by atoms with E-state index in [2.05, 4.69) is 10.6 Å². The smallest absolute Gasteiger partial charge is 0.250 e. The molecule has 3 aromatic carbocycles. The average molecular weight is 487 g/mol. The van der Waals surface area contributed by atoms with E-state index < -0.39 is 47.0 Å². The number of hydrogen-bond acceptors (Lipinski definition) is 6. The molecular formula is C27H22FN3O5. The maximum atomic E-state index is 14.4. The Morgan fingerprint density at radius 3 is 2.42 bits per heavy atom. The molecule has 8 nitrogen and oxygen atoms in total. The third kappa shape index (κ3) is 3.06. The van der Waals surface area contributed by atoms with E-state index in [1.165, 1.54) is 37.4 Å². The molecule has 0 aromatic heterocycles. The first-order valence-corrected chi connectivity index (χ1v) is 11.5. The highest BCUT2D eigenvalue weighted by atomic mass is 19.1. The summed E-state index contributed by atoms with van der Waals surface area (Å²) in [6.45, 7) is 0. The Bertz CT molecular complexity index is 1410. The van der Waals surface area contributed by atoms with Crippen molar-refractivity contribution in [3.8, 4) is 11.5 Å². The molecule has 0 unspecified atom stereocenters. The Morgan fingerprint density at radius 2 is 1.72 bits per heavy atom. The highest BCUT2D eigenvalue weighted by Gasteiger charge is 2.70. The quantitative estimate of drug-likeness (QED) is 0.489. The molecule has 6 rings (SSSR count). The standard InChI is InChI=1S/C27H22FN3O5/c1-36-18-9-5-16(6-10-18)31-24(33)22-21(12-14-2-7-17(32)8-3-14)30-27(23(22)25(31)34)19-13-15(28)4-11-20(19)29-26(27)35/h2-11,13,21-23,30,32H,12H2,1H3,(H,29,35)/t21-,22+,23-,27+/m0/s1. The number of amides is 3. The predicted molar refractivity (Wildman–Crippen MR) is 128 cm³/mol. The van der Waals surface area contributed by atoms with Gasteiger partial charge in [-0.05, 0) is 66.6 Å². The van der Waals surface area contributed by atoms with Gasteiger partial charge in [0.25, 0.3) is 0 Å². The zero-order valence-electron chi connectivity index (χ0n) is 19.2. The second kappa shape index (κ2) is 7.89. The predicted octanol–water partition coefficient (Wildman–Crippen LogP) is 2.71. The van der Waals surface area contributed by atoms with E-state index in [4.69, 9.17) is 4.74 Å². The van der Waals surface area contributed by atoms with Gasteiger partial charge in [0.1, 0.15) is 22.9 Å². The van der Waals surface area contributed by atoms with Crippen molar-refractivity contribution in [2.75, 3.05) is 17.3 Å². The van der Waals surface area contributed by atoms with E-state index >= 15 is 0 Å². The number of rotatable bonds is 4. The van der Waals surface area contributed by atoms with Crippen molar-refractivity contribution in [2.24, 2.45) is 11.8 Å². The summed E-state index contributed by atoms with van der Waals surface area (Å²) < 4.78 is 19.6. The van der Waals surface area contributed by atoms with Gasteiger partial charge in [-0.2, -0.15) is 0 Å². The number of methoxy groups -OCH3 is 1. The van der Waals surface area contributed by atoms with Crippen LogP contribution in [0.2, 0.25) is 0 Å². The SMILES string of the molecule is COc1ccc(N2C(=O)[C@@H]3[C@H](Cc4ccc(O)cc4)N[C@@]4(C(=O)Nc5ccc(F)cc54)[C@@H]3C2=O)cc1. The summed E-state index contributed by atoms with van der Waals surface area (Å²) in [5, 5.41) is 15.7. The third-order valence-electron chi connectivity index (χ3n) is 7.40. The second-order valence-corrected chi connectivity index (χ2v) is 9.29. The summed E-state index contributed by atoms with van der Waals surface area (Å²) in [5.41, 5.74) is 0.297. The first kappa shape index (κ1) is 22.2. The van der Waals surface area contributed by atoms with E-state index in [1.54, 1.807) is 36.4 Å². The number of halogens is 1. The van der Waals surface area contributed by atoms with Crippen LogP contribution < -0.4 is 20.3 Å². The molecule has 0 bridgehead atoms. The number of hydrogen-bond donors (Lipinski definition) is 3. The highest BCUT2D eigenvalue weighted by Crippen LogP contribution is 2.54. The number of imide groups is 1. The summed E-state index contributed by atoms with van der Waals surface area (Å²) in [5.74, 6) is -3.27. The molecule has 3 aromatic rings. The number of benzene rings is 3. The van der Waals surface area contributed by atoms with Crippen LogP contribution in [0.1, 0.15) is 11.1 Å². The molecule has 3 aliphatic rings. The van der Waals surface area contributed by atoms with Crippen molar-refractivity contribution >= 4 is 29.1 Å². The summed E-state index contributed by atoms with van der Waals surface area (Å²) in [6, 6.07) is 16.4. The lowest BCUT2D eigenvalue weighted by molar-refractivity contribution is -0.130. The van der Waals surface area contributed by atoms with E-state index in [1.807, 2.05) is 0 Å². The fourth-order valence-corrected chi connectivity index (χ4v) is 5.82. The van der Waals surface area contributed by atoms with Crippen LogP contribution in [0.5, 0.6) is 11.5 Å². The number of nitrogens with zero attached hydrogens (tertiary/aromatic N) is 1. The lowest BCUT2D eigenvalue weighted by Gasteiger charge is -2.29. The molecule has 3 amide bonds. The van der Waals surface area contributed by atoms with E-state index in [0.717, 1.165) is 10.5 Å². The Labute approximate surface area is 205 Å². The molecule has 3 N–H and O–H groups in total. The summed E-state index contributed by atoms with van der Waals surface area (Å²) >= 11 is 0. The first-order valence-electron chi connectivity index (χ1n) is 11.5. The van der Waals surface area contributed by atoms with Gasteiger partial charge in [-0.1, -0.05) is 12.1 Å². The van der Waals surface area contributed by atoms with Gasteiger partial charge in [-0.3, -0.25) is 19.7 Å². The summed E-state index contributed by atoms with van der Waals surface area (Å²) in [6.07, 6.45) is 0.316. The maximum Gasteiger partial charge on any atom is 0.250 e. The van der Waals surface area contributed by atoms with Gasteiger partial charge in [0, 0.05) is 17.3 Å². The number of nitrogens with one attached hydrogen (secondary N) is 2. The normalized spacial score (nSPS) is 26.3. The first-order chi connectivity index (χ1) is 17.3. The van der Waals surface area contributed by atoms with Gasteiger partial charge in [-0.25, -0.2) is 9.29 Å². The number of ether oxygens (including phenoxy) is 1. The largest absolute Gasteiger partial charge is 0.508 e. The summed E-state index contributed by atoms with van der Waals surface area (Å²) in [7, 11) is 1.52. The number of phenolic OH excluding ortho intramolecular Hbond substituents is 1. The van der Waals surface area contributed by atoms with Crippen LogP contribution >= 0.6 is 0 Å². The lowest BCUT2D eigenvalue weighted by atomic mass is 9.76. The fraction of sp³-hybridized carbons (Fsp3) is 0.222. The molecule has 1 spiro atoms. The number of carbonyl (C=O) groups is 3. The molecule has 2 fully saturated rings. The molecule has 3 heterocycles. The van der Waals surface area contributed by atoms with Crippen LogP contribution in [0, 0.1) is 17.7 Å². The monoisotopic (exact) mass is 487 g/mol. The van der Waals surface area contributed by atoms with Gasteiger partial charge >= 0.3 is 0 Å². The minimum atomic E-state index is -1.60. The molecule has 0 saturated carbocycles. The molecule has 4 atom stereocenters. The topological polar surface area (TPSA) is 108 Å². The Balaban J connectivity index is 1.48.